The zero-order chi connectivity index (χ0) is 17.5. The van der Waals surface area contributed by atoms with Gasteiger partial charge in [0.05, 0.1) is 6.04 Å². The predicted octanol–water partition coefficient (Wildman–Crippen LogP) is 4.32. The summed E-state index contributed by atoms with van der Waals surface area (Å²) in [4.78, 5) is 14.9. The summed E-state index contributed by atoms with van der Waals surface area (Å²) in [6.45, 7) is 4.27. The Bertz CT molecular complexity index is 529. The summed E-state index contributed by atoms with van der Waals surface area (Å²) >= 11 is 0. The van der Waals surface area contributed by atoms with Gasteiger partial charge in [0.25, 0.3) is 0 Å². The molecule has 4 heteroatoms. The van der Waals surface area contributed by atoms with Gasteiger partial charge in [-0.25, -0.2) is 0 Å². The summed E-state index contributed by atoms with van der Waals surface area (Å²) < 4.78 is 0. The topological polar surface area (TPSA) is 44.4 Å². The van der Waals surface area contributed by atoms with E-state index >= 15 is 0 Å². The molecular weight excluding hydrogens is 310 g/mol. The van der Waals surface area contributed by atoms with Gasteiger partial charge in [-0.2, -0.15) is 0 Å². The molecule has 1 amide bonds. The molecule has 1 heterocycles. The Hall–Kier alpha value is -1.55. The first-order valence-corrected chi connectivity index (χ1v) is 10.1. The molecule has 0 unspecified atom stereocenters. The van der Waals surface area contributed by atoms with Gasteiger partial charge in [-0.15, -0.1) is 0 Å². The van der Waals surface area contributed by atoms with E-state index in [1.54, 1.807) is 0 Å². The molecule has 2 N–H and O–H groups in total. The maximum absolute atomic E-state index is 12.5. The standard InChI is InChI=1S/C21H33N3O/c1-17(22-18-9-5-2-3-6-10-18)21(25)23-19-11-13-20(14-12-19)24-15-7-4-8-16-24/h11-14,17-18,22H,2-10,15-16H2,1H3,(H,23,25)/t17-/m0/s1. The summed E-state index contributed by atoms with van der Waals surface area (Å²) in [5, 5.41) is 6.58. The first-order valence-electron chi connectivity index (χ1n) is 10.1. The third-order valence-corrected chi connectivity index (χ3v) is 5.59. The van der Waals surface area contributed by atoms with Crippen LogP contribution in [0.3, 0.4) is 0 Å². The van der Waals surface area contributed by atoms with Gasteiger partial charge in [-0.3, -0.25) is 4.79 Å². The third-order valence-electron chi connectivity index (χ3n) is 5.59. The second kappa shape index (κ2) is 9.23. The minimum atomic E-state index is -0.148. The van der Waals surface area contributed by atoms with Gasteiger partial charge in [0.2, 0.25) is 5.91 Å². The summed E-state index contributed by atoms with van der Waals surface area (Å²) in [5.74, 6) is 0.0648. The number of hydrogen-bond donors (Lipinski definition) is 2. The number of carbonyl (C=O) groups excluding carboxylic acids is 1. The number of anilines is 2. The Morgan fingerprint density at radius 1 is 0.960 bits per heavy atom. The quantitative estimate of drug-likeness (QED) is 0.783. The number of nitrogens with one attached hydrogen (secondary N) is 2. The molecule has 0 bridgehead atoms. The van der Waals surface area contributed by atoms with Gasteiger partial charge in [0.1, 0.15) is 0 Å². The number of carbonyl (C=O) groups is 1. The fourth-order valence-corrected chi connectivity index (χ4v) is 4.03. The van der Waals surface area contributed by atoms with E-state index in [0.717, 1.165) is 18.8 Å². The lowest BCUT2D eigenvalue weighted by atomic mass is 10.1. The van der Waals surface area contributed by atoms with E-state index in [1.807, 2.05) is 19.1 Å². The van der Waals surface area contributed by atoms with Crippen molar-refractivity contribution in [3.8, 4) is 0 Å². The molecular formula is C21H33N3O. The maximum Gasteiger partial charge on any atom is 0.241 e. The van der Waals surface area contributed by atoms with Crippen LogP contribution in [0, 0.1) is 0 Å². The highest BCUT2D eigenvalue weighted by molar-refractivity contribution is 5.94. The number of nitrogens with zero attached hydrogens (tertiary/aromatic N) is 1. The van der Waals surface area contributed by atoms with Gasteiger partial charge in [-0.05, 0) is 63.3 Å². The highest BCUT2D eigenvalue weighted by Crippen LogP contribution is 2.22. The van der Waals surface area contributed by atoms with Crippen molar-refractivity contribution < 1.29 is 4.79 Å². The maximum atomic E-state index is 12.5. The molecule has 138 valence electrons. The number of amides is 1. The van der Waals surface area contributed by atoms with Crippen molar-refractivity contribution in [1.82, 2.24) is 5.32 Å². The Morgan fingerprint density at radius 3 is 2.20 bits per heavy atom. The van der Waals surface area contributed by atoms with E-state index in [2.05, 4.69) is 27.7 Å². The van der Waals surface area contributed by atoms with E-state index in [-0.39, 0.29) is 11.9 Å². The molecule has 1 aromatic carbocycles. The number of benzene rings is 1. The third kappa shape index (κ3) is 5.46. The van der Waals surface area contributed by atoms with E-state index in [9.17, 15) is 4.79 Å². The average Bonchev–Trinajstić information content (AvgIpc) is 2.92. The SMILES string of the molecule is C[C@H](NC1CCCCCC1)C(=O)Nc1ccc(N2CCCCC2)cc1. The first-order chi connectivity index (χ1) is 12.2. The van der Waals surface area contributed by atoms with Crippen LogP contribution < -0.4 is 15.5 Å². The van der Waals surface area contributed by atoms with E-state index < -0.39 is 0 Å². The van der Waals surface area contributed by atoms with E-state index in [4.69, 9.17) is 0 Å². The van der Waals surface area contributed by atoms with Gasteiger partial charge in [-0.1, -0.05) is 25.7 Å². The molecule has 0 spiro atoms. The molecule has 1 aliphatic carbocycles. The molecule has 2 aliphatic rings. The van der Waals surface area contributed by atoms with Crippen molar-refractivity contribution in [2.24, 2.45) is 0 Å². The van der Waals surface area contributed by atoms with Gasteiger partial charge >= 0.3 is 0 Å². The van der Waals surface area contributed by atoms with Crippen LogP contribution >= 0.6 is 0 Å². The highest BCUT2D eigenvalue weighted by atomic mass is 16.2. The molecule has 1 aliphatic heterocycles. The van der Waals surface area contributed by atoms with Crippen molar-refractivity contribution in [2.45, 2.75) is 76.8 Å². The first kappa shape index (κ1) is 18.2. The van der Waals surface area contributed by atoms with E-state index in [1.165, 1.54) is 63.5 Å². The number of piperidine rings is 1. The van der Waals surface area contributed by atoms with Crippen LogP contribution in [0.15, 0.2) is 24.3 Å². The lowest BCUT2D eigenvalue weighted by molar-refractivity contribution is -0.118. The van der Waals surface area contributed by atoms with Crippen LogP contribution in [0.2, 0.25) is 0 Å². The summed E-state index contributed by atoms with van der Waals surface area (Å²) in [6, 6.07) is 8.66. The fraction of sp³-hybridized carbons (Fsp3) is 0.667. The minimum Gasteiger partial charge on any atom is -0.372 e. The molecule has 1 atom stereocenters. The number of hydrogen-bond acceptors (Lipinski definition) is 3. The molecule has 1 saturated carbocycles. The van der Waals surface area contributed by atoms with Crippen LogP contribution in [-0.2, 0) is 4.79 Å². The van der Waals surface area contributed by atoms with Gasteiger partial charge in [0.15, 0.2) is 0 Å². The summed E-state index contributed by atoms with van der Waals surface area (Å²) in [6.07, 6.45) is 11.5. The molecule has 25 heavy (non-hydrogen) atoms. The highest BCUT2D eigenvalue weighted by Gasteiger charge is 2.19. The monoisotopic (exact) mass is 343 g/mol. The van der Waals surface area contributed by atoms with Crippen LogP contribution in [0.1, 0.15) is 64.7 Å². The molecule has 1 saturated heterocycles. The van der Waals surface area contributed by atoms with E-state index in [0.29, 0.717) is 6.04 Å². The molecule has 0 radical (unpaired) electrons. The van der Waals surface area contributed by atoms with Crippen LogP contribution in [0.4, 0.5) is 11.4 Å². The van der Waals surface area contributed by atoms with Crippen molar-refractivity contribution >= 4 is 17.3 Å². The van der Waals surface area contributed by atoms with Crippen molar-refractivity contribution in [2.75, 3.05) is 23.3 Å². The molecule has 2 fully saturated rings. The van der Waals surface area contributed by atoms with Crippen LogP contribution in [0.5, 0.6) is 0 Å². The Balaban J connectivity index is 1.49. The zero-order valence-corrected chi connectivity index (χ0v) is 15.6. The second-order valence-electron chi connectivity index (χ2n) is 7.66. The molecule has 0 aromatic heterocycles. The lowest BCUT2D eigenvalue weighted by Gasteiger charge is -2.29. The molecule has 4 nitrogen and oxygen atoms in total. The average molecular weight is 344 g/mol. The lowest BCUT2D eigenvalue weighted by Crippen LogP contribution is -2.43. The second-order valence-corrected chi connectivity index (χ2v) is 7.66. The smallest absolute Gasteiger partial charge is 0.241 e. The van der Waals surface area contributed by atoms with Crippen LogP contribution in [-0.4, -0.2) is 31.1 Å². The fourth-order valence-electron chi connectivity index (χ4n) is 4.03. The zero-order valence-electron chi connectivity index (χ0n) is 15.6. The van der Waals surface area contributed by atoms with Crippen molar-refractivity contribution in [3.63, 3.8) is 0 Å². The summed E-state index contributed by atoms with van der Waals surface area (Å²) in [5.41, 5.74) is 2.16. The molecule has 1 aromatic rings. The van der Waals surface area contributed by atoms with Crippen molar-refractivity contribution in [1.29, 1.82) is 0 Å². The predicted molar refractivity (Wildman–Crippen MR) is 105 cm³/mol. The van der Waals surface area contributed by atoms with Crippen LogP contribution in [0.25, 0.3) is 0 Å². The van der Waals surface area contributed by atoms with Gasteiger partial charge < -0.3 is 15.5 Å². The summed E-state index contributed by atoms with van der Waals surface area (Å²) in [7, 11) is 0. The van der Waals surface area contributed by atoms with Gasteiger partial charge in [0, 0.05) is 30.5 Å². The normalized spacial score (nSPS) is 20.8. The molecule has 3 rings (SSSR count). The number of rotatable bonds is 5. The minimum absolute atomic E-state index is 0.0648. The Kier molecular flexibility index (Phi) is 6.74. The Labute approximate surface area is 152 Å². The van der Waals surface area contributed by atoms with Crippen molar-refractivity contribution in [3.05, 3.63) is 24.3 Å². The largest absolute Gasteiger partial charge is 0.372 e. The Morgan fingerprint density at radius 2 is 1.56 bits per heavy atom.